The van der Waals surface area contributed by atoms with Gasteiger partial charge in [0, 0.05) is 12.1 Å². The largest absolute Gasteiger partial charge is 0.317 e. The average molecular weight is 210 g/mol. The predicted octanol–water partition coefficient (Wildman–Crippen LogP) is 2.30. The molecule has 0 aromatic carbocycles. The molecule has 2 aliphatic rings. The summed E-state index contributed by atoms with van der Waals surface area (Å²) in [5, 5.41) is 7.27. The van der Waals surface area contributed by atoms with Gasteiger partial charge in [-0.05, 0) is 57.5 Å². The number of rotatable bonds is 6. The highest BCUT2D eigenvalue weighted by Gasteiger charge is 2.32. The summed E-state index contributed by atoms with van der Waals surface area (Å²) >= 11 is 0. The maximum Gasteiger partial charge on any atom is 0.00728 e. The number of unbranched alkanes of at least 4 members (excludes halogenated alkanes) is 1. The van der Waals surface area contributed by atoms with Crippen molar-refractivity contribution < 1.29 is 0 Å². The third kappa shape index (κ3) is 3.46. The fourth-order valence-electron chi connectivity index (χ4n) is 3.14. The van der Waals surface area contributed by atoms with Gasteiger partial charge >= 0.3 is 0 Å². The monoisotopic (exact) mass is 210 g/mol. The van der Waals surface area contributed by atoms with E-state index in [0.717, 1.165) is 18.0 Å². The summed E-state index contributed by atoms with van der Waals surface area (Å²) in [7, 11) is 0. The molecule has 2 nitrogen and oxygen atoms in total. The molecule has 2 heteroatoms. The highest BCUT2D eigenvalue weighted by Crippen LogP contribution is 2.32. The lowest BCUT2D eigenvalue weighted by Gasteiger charge is -2.29. The Morgan fingerprint density at radius 3 is 2.53 bits per heavy atom. The molecule has 2 atom stereocenters. The molecule has 2 rings (SSSR count). The van der Waals surface area contributed by atoms with Crippen LogP contribution in [0.15, 0.2) is 0 Å². The lowest BCUT2D eigenvalue weighted by molar-refractivity contribution is 0.283. The molecule has 0 spiro atoms. The third-order valence-corrected chi connectivity index (χ3v) is 4.01. The molecule has 0 radical (unpaired) electrons. The minimum atomic E-state index is 0.865. The first-order valence-electron chi connectivity index (χ1n) is 6.85. The molecule has 2 bridgehead atoms. The molecule has 2 fully saturated rings. The van der Waals surface area contributed by atoms with Crippen LogP contribution in [0.1, 0.15) is 51.9 Å². The van der Waals surface area contributed by atoms with Crippen LogP contribution in [0, 0.1) is 5.92 Å². The molecule has 0 aromatic heterocycles. The maximum atomic E-state index is 3.71. The van der Waals surface area contributed by atoms with Gasteiger partial charge in [0.05, 0.1) is 0 Å². The van der Waals surface area contributed by atoms with Crippen molar-refractivity contribution >= 4 is 0 Å². The fraction of sp³-hybridized carbons (Fsp3) is 1.00. The zero-order valence-corrected chi connectivity index (χ0v) is 10.1. The Hall–Kier alpha value is -0.0800. The topological polar surface area (TPSA) is 24.1 Å². The van der Waals surface area contributed by atoms with Gasteiger partial charge < -0.3 is 10.6 Å². The highest BCUT2D eigenvalue weighted by molar-refractivity contribution is 4.91. The standard InChI is InChI=1S/C13H26N2/c1-2-3-7-14-8-6-11-9-12-4-5-13(10-11)15-12/h11-15H,2-10H2,1H3. The van der Waals surface area contributed by atoms with Crippen molar-refractivity contribution in [3.05, 3.63) is 0 Å². The molecule has 0 aromatic rings. The fourth-order valence-corrected chi connectivity index (χ4v) is 3.14. The quantitative estimate of drug-likeness (QED) is 0.657. The second kappa shape index (κ2) is 5.86. The van der Waals surface area contributed by atoms with Crippen molar-refractivity contribution in [1.29, 1.82) is 0 Å². The van der Waals surface area contributed by atoms with E-state index >= 15 is 0 Å². The lowest BCUT2D eigenvalue weighted by Crippen LogP contribution is -2.38. The summed E-state index contributed by atoms with van der Waals surface area (Å²) in [5.41, 5.74) is 0. The number of nitrogens with one attached hydrogen (secondary N) is 2. The Bertz CT molecular complexity index is 169. The van der Waals surface area contributed by atoms with Crippen LogP contribution in [0.3, 0.4) is 0 Å². The molecule has 2 aliphatic heterocycles. The van der Waals surface area contributed by atoms with Crippen LogP contribution < -0.4 is 10.6 Å². The van der Waals surface area contributed by atoms with Gasteiger partial charge in [0.15, 0.2) is 0 Å². The third-order valence-electron chi connectivity index (χ3n) is 4.01. The molecule has 2 N–H and O–H groups in total. The van der Waals surface area contributed by atoms with Crippen molar-refractivity contribution in [2.24, 2.45) is 5.92 Å². The molecule has 0 aliphatic carbocycles. The Morgan fingerprint density at radius 2 is 1.87 bits per heavy atom. The normalized spacial score (nSPS) is 34.6. The number of hydrogen-bond donors (Lipinski definition) is 2. The number of fused-ring (bicyclic) bond motifs is 2. The van der Waals surface area contributed by atoms with Crippen molar-refractivity contribution in [2.75, 3.05) is 13.1 Å². The van der Waals surface area contributed by atoms with Gasteiger partial charge in [0.2, 0.25) is 0 Å². The van der Waals surface area contributed by atoms with E-state index in [2.05, 4.69) is 17.6 Å². The van der Waals surface area contributed by atoms with Crippen LogP contribution in [0.5, 0.6) is 0 Å². The smallest absolute Gasteiger partial charge is 0.00728 e. The van der Waals surface area contributed by atoms with Crippen LogP contribution >= 0.6 is 0 Å². The summed E-state index contributed by atoms with van der Waals surface area (Å²) < 4.78 is 0. The molecular weight excluding hydrogens is 184 g/mol. The van der Waals surface area contributed by atoms with Crippen molar-refractivity contribution in [3.63, 3.8) is 0 Å². The first-order chi connectivity index (χ1) is 7.38. The molecule has 2 unspecified atom stereocenters. The summed E-state index contributed by atoms with van der Waals surface area (Å²) in [5.74, 6) is 0.998. The van der Waals surface area contributed by atoms with Crippen LogP contribution in [-0.2, 0) is 0 Å². The van der Waals surface area contributed by atoms with E-state index in [-0.39, 0.29) is 0 Å². The van der Waals surface area contributed by atoms with Gasteiger partial charge in [0.1, 0.15) is 0 Å². The molecule has 0 saturated carbocycles. The zero-order valence-electron chi connectivity index (χ0n) is 10.1. The van der Waals surface area contributed by atoms with Gasteiger partial charge in [-0.1, -0.05) is 13.3 Å². The van der Waals surface area contributed by atoms with E-state index in [4.69, 9.17) is 0 Å². The second-order valence-corrected chi connectivity index (χ2v) is 5.37. The molecule has 2 saturated heterocycles. The first kappa shape index (κ1) is 11.4. The van der Waals surface area contributed by atoms with Crippen molar-refractivity contribution in [1.82, 2.24) is 10.6 Å². The Morgan fingerprint density at radius 1 is 1.13 bits per heavy atom. The van der Waals surface area contributed by atoms with Crippen LogP contribution in [0.4, 0.5) is 0 Å². The number of hydrogen-bond acceptors (Lipinski definition) is 2. The molecular formula is C13H26N2. The Balaban J connectivity index is 1.56. The second-order valence-electron chi connectivity index (χ2n) is 5.37. The van der Waals surface area contributed by atoms with Gasteiger partial charge in [-0.2, -0.15) is 0 Å². The maximum absolute atomic E-state index is 3.71. The minimum Gasteiger partial charge on any atom is -0.317 e. The molecule has 0 amide bonds. The molecule has 15 heavy (non-hydrogen) atoms. The van der Waals surface area contributed by atoms with Crippen LogP contribution in [0.25, 0.3) is 0 Å². The van der Waals surface area contributed by atoms with E-state index in [9.17, 15) is 0 Å². The zero-order chi connectivity index (χ0) is 10.5. The van der Waals surface area contributed by atoms with E-state index in [1.54, 1.807) is 0 Å². The van der Waals surface area contributed by atoms with Crippen molar-refractivity contribution in [3.8, 4) is 0 Å². The van der Waals surface area contributed by atoms with Gasteiger partial charge in [-0.25, -0.2) is 0 Å². The minimum absolute atomic E-state index is 0.865. The summed E-state index contributed by atoms with van der Waals surface area (Å²) in [6, 6.07) is 1.73. The van der Waals surface area contributed by atoms with E-state index in [1.165, 1.54) is 58.0 Å². The van der Waals surface area contributed by atoms with Gasteiger partial charge in [-0.3, -0.25) is 0 Å². The predicted molar refractivity (Wildman–Crippen MR) is 65.1 cm³/mol. The first-order valence-corrected chi connectivity index (χ1v) is 6.85. The van der Waals surface area contributed by atoms with Gasteiger partial charge in [0.25, 0.3) is 0 Å². The summed E-state index contributed by atoms with van der Waals surface area (Å²) in [6.45, 7) is 4.71. The van der Waals surface area contributed by atoms with Gasteiger partial charge in [-0.15, -0.1) is 0 Å². The number of piperidine rings is 1. The van der Waals surface area contributed by atoms with Crippen LogP contribution in [-0.4, -0.2) is 25.2 Å². The Labute approximate surface area is 94.2 Å². The molecule has 2 heterocycles. The molecule has 88 valence electrons. The average Bonchev–Trinajstić information content (AvgIpc) is 2.58. The van der Waals surface area contributed by atoms with Crippen molar-refractivity contribution in [2.45, 2.75) is 64.0 Å². The summed E-state index contributed by atoms with van der Waals surface area (Å²) in [4.78, 5) is 0. The van der Waals surface area contributed by atoms with Crippen LogP contribution in [0.2, 0.25) is 0 Å². The van der Waals surface area contributed by atoms with E-state index in [0.29, 0.717) is 0 Å². The van der Waals surface area contributed by atoms with E-state index in [1.807, 2.05) is 0 Å². The Kier molecular flexibility index (Phi) is 4.45. The summed E-state index contributed by atoms with van der Waals surface area (Å²) in [6.07, 6.45) is 9.78. The van der Waals surface area contributed by atoms with E-state index < -0.39 is 0 Å². The SMILES string of the molecule is CCCCNCCC1CC2CCC(C1)N2. The highest BCUT2D eigenvalue weighted by atomic mass is 15.0. The lowest BCUT2D eigenvalue weighted by atomic mass is 9.90.